The van der Waals surface area contributed by atoms with Gasteiger partial charge in [0.15, 0.2) is 5.69 Å². The molecule has 0 aliphatic heterocycles. The molecule has 0 aliphatic rings. The second-order valence-electron chi connectivity index (χ2n) is 5.68. The molecule has 136 valence electrons. The van der Waals surface area contributed by atoms with Gasteiger partial charge in [0.2, 0.25) is 0 Å². The van der Waals surface area contributed by atoms with Crippen molar-refractivity contribution in [3.63, 3.8) is 0 Å². The van der Waals surface area contributed by atoms with Gasteiger partial charge in [-0.2, -0.15) is 23.4 Å². The van der Waals surface area contributed by atoms with Crippen LogP contribution >= 0.6 is 11.6 Å². The predicted octanol–water partition coefficient (Wildman–Crippen LogP) is 4.58. The van der Waals surface area contributed by atoms with Crippen LogP contribution in [0.5, 0.6) is 0 Å². The Labute approximate surface area is 152 Å². The number of alkyl halides is 3. The molecule has 0 bridgehead atoms. The molecule has 0 saturated carbocycles. The molecule has 0 fully saturated rings. The highest BCUT2D eigenvalue weighted by Crippen LogP contribution is 2.32. The molecule has 0 aliphatic carbocycles. The van der Waals surface area contributed by atoms with Gasteiger partial charge in [0.1, 0.15) is 5.69 Å². The fourth-order valence-corrected chi connectivity index (χ4v) is 2.86. The van der Waals surface area contributed by atoms with E-state index in [0.29, 0.717) is 33.4 Å². The number of anilines is 1. The van der Waals surface area contributed by atoms with Gasteiger partial charge in [0, 0.05) is 19.8 Å². The molecule has 2 heterocycles. The number of aryl methyl sites for hydroxylation is 2. The number of nitrogens with one attached hydrogen (secondary N) is 1. The topological polar surface area (TPSA) is 47.7 Å². The van der Waals surface area contributed by atoms with Crippen molar-refractivity contribution in [3.8, 4) is 11.3 Å². The van der Waals surface area contributed by atoms with Crippen molar-refractivity contribution in [2.75, 3.05) is 5.32 Å². The summed E-state index contributed by atoms with van der Waals surface area (Å²) in [4.78, 5) is 0. The first-order chi connectivity index (χ1) is 12.2. The largest absolute Gasteiger partial charge is 0.435 e. The third-order valence-corrected chi connectivity index (χ3v) is 4.10. The van der Waals surface area contributed by atoms with E-state index < -0.39 is 11.9 Å². The lowest BCUT2D eigenvalue weighted by Gasteiger charge is -2.11. The molecule has 0 amide bonds. The molecule has 0 saturated heterocycles. The monoisotopic (exact) mass is 381 g/mol. The zero-order chi connectivity index (χ0) is 19.1. The van der Waals surface area contributed by atoms with Gasteiger partial charge in [-0.15, -0.1) is 0 Å². The van der Waals surface area contributed by atoms with Gasteiger partial charge in [-0.1, -0.05) is 30.3 Å². The Kier molecular flexibility index (Phi) is 4.53. The molecule has 0 atom stereocenters. The fourth-order valence-electron chi connectivity index (χ4n) is 2.58. The first kappa shape index (κ1) is 18.1. The Bertz CT molecular complexity index is 934. The highest BCUT2D eigenvalue weighted by atomic mass is 35.5. The smallest absolute Gasteiger partial charge is 0.354 e. The van der Waals surface area contributed by atoms with E-state index >= 15 is 0 Å². The van der Waals surface area contributed by atoms with E-state index in [9.17, 15) is 13.2 Å². The molecule has 1 N–H and O–H groups in total. The third-order valence-electron chi connectivity index (χ3n) is 3.83. The number of aromatic nitrogens is 4. The first-order valence-corrected chi connectivity index (χ1v) is 7.90. The summed E-state index contributed by atoms with van der Waals surface area (Å²) in [5.74, 6) is 0. The minimum Gasteiger partial charge on any atom is -0.354 e. The number of nitrogens with zero attached hydrogens (tertiary/aromatic N) is 4. The van der Waals surface area contributed by atoms with Crippen LogP contribution < -0.4 is 5.32 Å². The summed E-state index contributed by atoms with van der Waals surface area (Å²) >= 11 is 6.08. The minimum absolute atomic E-state index is 0.373. The first-order valence-electron chi connectivity index (χ1n) is 7.52. The molecule has 0 radical (unpaired) electrons. The Hall–Kier alpha value is -2.74. The molecule has 26 heavy (non-hydrogen) atoms. The predicted molar refractivity (Wildman–Crippen MR) is 94.5 cm³/mol. The Morgan fingerprint density at radius 3 is 2.31 bits per heavy atom. The van der Waals surface area contributed by atoms with E-state index in [0.717, 1.165) is 6.07 Å². The normalized spacial score (nSPS) is 11.6. The van der Waals surface area contributed by atoms with E-state index in [1.54, 1.807) is 36.0 Å². The van der Waals surface area contributed by atoms with Crippen molar-refractivity contribution in [2.45, 2.75) is 6.18 Å². The molecule has 2 aromatic heterocycles. The Balaban J connectivity index is 1.81. The lowest BCUT2D eigenvalue weighted by molar-refractivity contribution is -0.141. The van der Waals surface area contributed by atoms with Crippen molar-refractivity contribution in [1.29, 1.82) is 0 Å². The van der Waals surface area contributed by atoms with Gasteiger partial charge >= 0.3 is 6.18 Å². The third kappa shape index (κ3) is 3.45. The molecule has 0 spiro atoms. The highest BCUT2D eigenvalue weighted by molar-refractivity contribution is 6.32. The average Bonchev–Trinajstić information content (AvgIpc) is 3.11. The van der Waals surface area contributed by atoms with Crippen LogP contribution in [0.1, 0.15) is 11.4 Å². The van der Waals surface area contributed by atoms with Gasteiger partial charge < -0.3 is 5.32 Å². The summed E-state index contributed by atoms with van der Waals surface area (Å²) in [5.41, 5.74) is 1.99. The number of rotatable bonds is 4. The fraction of sp³-hybridized carbons (Fsp3) is 0.176. The van der Waals surface area contributed by atoms with E-state index in [2.05, 4.69) is 22.1 Å². The van der Waals surface area contributed by atoms with Crippen LogP contribution in [-0.2, 0) is 20.3 Å². The maximum Gasteiger partial charge on any atom is 0.435 e. The van der Waals surface area contributed by atoms with Crippen molar-refractivity contribution in [1.82, 2.24) is 19.6 Å². The molecule has 3 rings (SSSR count). The van der Waals surface area contributed by atoms with Crippen LogP contribution in [0, 0.1) is 0 Å². The summed E-state index contributed by atoms with van der Waals surface area (Å²) in [6.07, 6.45) is -2.95. The summed E-state index contributed by atoms with van der Waals surface area (Å²) in [7, 11) is 3.22. The van der Waals surface area contributed by atoms with Crippen LogP contribution in [0.3, 0.4) is 0 Å². The quantitative estimate of drug-likeness (QED) is 0.719. The van der Waals surface area contributed by atoms with Gasteiger partial charge in [-0.05, 0) is 23.8 Å². The number of halogens is 4. The molecular formula is C17H15ClF3N5. The van der Waals surface area contributed by atoms with Gasteiger partial charge in [0.05, 0.1) is 22.6 Å². The van der Waals surface area contributed by atoms with Crippen LogP contribution in [0.4, 0.5) is 18.9 Å². The molecule has 0 unspecified atom stereocenters. The van der Waals surface area contributed by atoms with Crippen LogP contribution in [0.25, 0.3) is 17.0 Å². The maximum atomic E-state index is 12.8. The summed E-state index contributed by atoms with van der Waals surface area (Å²) in [5, 5.41) is 11.1. The number of hydrogen-bond donors (Lipinski definition) is 1. The van der Waals surface area contributed by atoms with Crippen molar-refractivity contribution >= 4 is 23.0 Å². The Morgan fingerprint density at radius 2 is 1.81 bits per heavy atom. The van der Waals surface area contributed by atoms with E-state index in [1.165, 1.54) is 17.9 Å². The molecule has 1 aromatic carbocycles. The van der Waals surface area contributed by atoms with Crippen LogP contribution in [-0.4, -0.2) is 19.6 Å². The van der Waals surface area contributed by atoms with Crippen LogP contribution in [0.2, 0.25) is 5.02 Å². The van der Waals surface area contributed by atoms with Crippen LogP contribution in [0.15, 0.2) is 43.1 Å². The molecular weight excluding hydrogens is 367 g/mol. The SMILES string of the molecule is C=C(Nc1ccc(-c2cc(C(F)(F)F)nn2C)cc1)c1c(Cl)cnn1C. The number of benzene rings is 1. The average molecular weight is 382 g/mol. The standard InChI is InChI=1S/C17H15ClF3N5/c1-10(16-13(18)9-22-26(16)3)23-12-6-4-11(5-7-12)14-8-15(17(19,20)21)24-25(14)2/h4-9,23H,1H2,2-3H3. The summed E-state index contributed by atoms with van der Waals surface area (Å²) in [6, 6.07) is 7.92. The number of hydrogen-bond acceptors (Lipinski definition) is 3. The van der Waals surface area contributed by atoms with E-state index in [4.69, 9.17) is 11.6 Å². The van der Waals surface area contributed by atoms with Crippen molar-refractivity contribution in [3.05, 3.63) is 59.5 Å². The maximum absolute atomic E-state index is 12.8. The second kappa shape index (κ2) is 6.53. The highest BCUT2D eigenvalue weighted by Gasteiger charge is 2.34. The summed E-state index contributed by atoms with van der Waals surface area (Å²) < 4.78 is 41.2. The van der Waals surface area contributed by atoms with E-state index in [1.807, 2.05) is 0 Å². The molecule has 9 heteroatoms. The molecule has 3 aromatic rings. The molecule has 5 nitrogen and oxygen atoms in total. The van der Waals surface area contributed by atoms with Gasteiger partial charge in [-0.25, -0.2) is 0 Å². The lowest BCUT2D eigenvalue weighted by Crippen LogP contribution is -2.06. The lowest BCUT2D eigenvalue weighted by atomic mass is 10.1. The zero-order valence-corrected chi connectivity index (χ0v) is 14.7. The van der Waals surface area contributed by atoms with E-state index in [-0.39, 0.29) is 0 Å². The van der Waals surface area contributed by atoms with Crippen molar-refractivity contribution < 1.29 is 13.2 Å². The zero-order valence-electron chi connectivity index (χ0n) is 14.0. The van der Waals surface area contributed by atoms with Crippen molar-refractivity contribution in [2.24, 2.45) is 14.1 Å². The second-order valence-corrected chi connectivity index (χ2v) is 6.09. The van der Waals surface area contributed by atoms with Gasteiger partial charge in [0.25, 0.3) is 0 Å². The summed E-state index contributed by atoms with van der Waals surface area (Å²) in [6.45, 7) is 3.94. The van der Waals surface area contributed by atoms with Gasteiger partial charge in [-0.3, -0.25) is 9.36 Å². The Morgan fingerprint density at radius 1 is 1.15 bits per heavy atom. The minimum atomic E-state index is -4.47.